The third-order valence-corrected chi connectivity index (χ3v) is 0.830. The average molecular weight is 203 g/mol. The second kappa shape index (κ2) is 5.46. The molecule has 0 fully saturated rings. The van der Waals surface area contributed by atoms with Gasteiger partial charge in [-0.25, -0.2) is 0 Å². The first kappa shape index (κ1) is 12.4. The first-order valence-corrected chi connectivity index (χ1v) is 2.27. The van der Waals surface area contributed by atoms with Gasteiger partial charge in [0, 0.05) is 22.8 Å². The van der Waals surface area contributed by atoms with E-state index in [0.717, 1.165) is 0 Å². The van der Waals surface area contributed by atoms with Gasteiger partial charge in [0.15, 0.2) is 0 Å². The van der Waals surface area contributed by atoms with Gasteiger partial charge in [-0.3, -0.25) is 0 Å². The van der Waals surface area contributed by atoms with Crippen molar-refractivity contribution in [2.24, 2.45) is 0 Å². The van der Waals surface area contributed by atoms with Gasteiger partial charge in [0.2, 0.25) is 0 Å². The molecular weight excluding hydrogens is 195 g/mol. The molecule has 0 saturated heterocycles. The zero-order chi connectivity index (χ0) is 5.98. The molecule has 4 heteroatoms. The molecular formula is C6H8CoO2S. The maximum Gasteiger partial charge on any atom is 0.119 e. The van der Waals surface area contributed by atoms with Crippen molar-refractivity contribution >= 4 is 13.5 Å². The van der Waals surface area contributed by atoms with Crippen LogP contribution in [0.3, 0.4) is 0 Å². The fourth-order valence-corrected chi connectivity index (χ4v) is 0.493. The summed E-state index contributed by atoms with van der Waals surface area (Å²) in [6.07, 6.45) is 0. The molecule has 2 N–H and O–H groups in total. The standard InChI is InChI=1S/C6H6O2.Co.H2S/c7-5-2-1-3-6(8)4-5;;/h1-4,7-8H;;1H2. The van der Waals surface area contributed by atoms with E-state index >= 15 is 0 Å². The minimum atomic E-state index is 0. The Balaban J connectivity index is 0. The van der Waals surface area contributed by atoms with Gasteiger partial charge >= 0.3 is 0 Å². The molecule has 0 saturated carbocycles. The van der Waals surface area contributed by atoms with Crippen LogP contribution in [0.5, 0.6) is 11.5 Å². The molecule has 0 aliphatic rings. The number of hydrogen-bond acceptors (Lipinski definition) is 2. The molecule has 1 aromatic rings. The van der Waals surface area contributed by atoms with Crippen molar-refractivity contribution in [2.75, 3.05) is 0 Å². The second-order valence-corrected chi connectivity index (χ2v) is 1.52. The molecule has 2 nitrogen and oxygen atoms in total. The molecule has 0 spiro atoms. The molecule has 1 aromatic carbocycles. The number of benzene rings is 1. The van der Waals surface area contributed by atoms with E-state index < -0.39 is 0 Å². The van der Waals surface area contributed by atoms with Crippen molar-refractivity contribution in [3.05, 3.63) is 24.3 Å². The van der Waals surface area contributed by atoms with Gasteiger partial charge in [0.05, 0.1) is 0 Å². The van der Waals surface area contributed by atoms with E-state index in [0.29, 0.717) is 0 Å². The topological polar surface area (TPSA) is 40.5 Å². The number of phenolic OH excluding ortho intramolecular Hbond substituents is 2. The van der Waals surface area contributed by atoms with Crippen LogP contribution in [0.1, 0.15) is 0 Å². The molecule has 0 amide bonds. The van der Waals surface area contributed by atoms with Gasteiger partial charge in [-0.2, -0.15) is 13.5 Å². The summed E-state index contributed by atoms with van der Waals surface area (Å²) < 4.78 is 0. The Morgan fingerprint density at radius 2 is 1.40 bits per heavy atom. The van der Waals surface area contributed by atoms with Gasteiger partial charge in [-0.15, -0.1) is 0 Å². The molecule has 0 aromatic heterocycles. The predicted molar refractivity (Wildman–Crippen MR) is 40.2 cm³/mol. The van der Waals surface area contributed by atoms with Crippen molar-refractivity contribution < 1.29 is 27.0 Å². The van der Waals surface area contributed by atoms with Gasteiger partial charge in [0.1, 0.15) is 11.5 Å². The molecule has 1 radical (unpaired) electrons. The molecule has 0 atom stereocenters. The van der Waals surface area contributed by atoms with E-state index in [4.69, 9.17) is 10.2 Å². The minimum absolute atomic E-state index is 0. The van der Waals surface area contributed by atoms with E-state index in [1.54, 1.807) is 6.07 Å². The summed E-state index contributed by atoms with van der Waals surface area (Å²) in [6.45, 7) is 0. The van der Waals surface area contributed by atoms with E-state index in [1.807, 2.05) is 0 Å². The summed E-state index contributed by atoms with van der Waals surface area (Å²) in [7, 11) is 0. The maximum atomic E-state index is 8.65. The summed E-state index contributed by atoms with van der Waals surface area (Å²) in [5, 5.41) is 17.3. The van der Waals surface area contributed by atoms with Crippen LogP contribution in [-0.2, 0) is 16.8 Å². The fourth-order valence-electron chi connectivity index (χ4n) is 0.493. The van der Waals surface area contributed by atoms with E-state index in [-0.39, 0.29) is 41.8 Å². The zero-order valence-corrected chi connectivity index (χ0v) is 7.08. The normalized spacial score (nSPS) is 7.20. The molecule has 0 aliphatic carbocycles. The minimum Gasteiger partial charge on any atom is -0.508 e. The van der Waals surface area contributed by atoms with Crippen molar-refractivity contribution in [1.82, 2.24) is 0 Å². The van der Waals surface area contributed by atoms with Crippen LogP contribution in [0, 0.1) is 0 Å². The van der Waals surface area contributed by atoms with Gasteiger partial charge in [-0.05, 0) is 12.1 Å². The Hall–Kier alpha value is -0.324. The maximum absolute atomic E-state index is 8.65. The van der Waals surface area contributed by atoms with Crippen LogP contribution in [0.15, 0.2) is 24.3 Å². The van der Waals surface area contributed by atoms with Gasteiger partial charge in [0.25, 0.3) is 0 Å². The van der Waals surface area contributed by atoms with Crippen LogP contribution in [0.4, 0.5) is 0 Å². The summed E-state index contributed by atoms with van der Waals surface area (Å²) in [4.78, 5) is 0. The van der Waals surface area contributed by atoms with Gasteiger partial charge < -0.3 is 10.2 Å². The zero-order valence-electron chi connectivity index (χ0n) is 5.04. The smallest absolute Gasteiger partial charge is 0.119 e. The third-order valence-electron chi connectivity index (χ3n) is 0.830. The largest absolute Gasteiger partial charge is 0.508 e. The number of aromatic hydroxyl groups is 2. The molecule has 0 aliphatic heterocycles. The molecule has 0 bridgehead atoms. The average Bonchev–Trinajstić information content (AvgIpc) is 1.64. The molecule has 0 unspecified atom stereocenters. The third kappa shape index (κ3) is 3.65. The van der Waals surface area contributed by atoms with Crippen LogP contribution >= 0.6 is 13.5 Å². The molecule has 10 heavy (non-hydrogen) atoms. The van der Waals surface area contributed by atoms with Crippen molar-refractivity contribution in [3.63, 3.8) is 0 Å². The SMILES string of the molecule is Oc1cccc(O)c1.S.[Co]. The predicted octanol–water partition coefficient (Wildman–Crippen LogP) is 1.21. The first-order valence-electron chi connectivity index (χ1n) is 2.27. The van der Waals surface area contributed by atoms with Crippen LogP contribution in [-0.4, -0.2) is 10.2 Å². The number of hydrogen-bond donors (Lipinski definition) is 2. The van der Waals surface area contributed by atoms with E-state index in [9.17, 15) is 0 Å². The Kier molecular flexibility index (Phi) is 6.75. The van der Waals surface area contributed by atoms with Crippen molar-refractivity contribution in [1.29, 1.82) is 0 Å². The monoisotopic (exact) mass is 203 g/mol. The van der Waals surface area contributed by atoms with Crippen molar-refractivity contribution in [2.45, 2.75) is 0 Å². The Morgan fingerprint density at radius 3 is 1.60 bits per heavy atom. The number of phenols is 2. The van der Waals surface area contributed by atoms with E-state index in [1.165, 1.54) is 18.2 Å². The fraction of sp³-hybridized carbons (Fsp3) is 0. The van der Waals surface area contributed by atoms with Crippen LogP contribution in [0.2, 0.25) is 0 Å². The summed E-state index contributed by atoms with van der Waals surface area (Å²) in [5.74, 6) is 0.176. The first-order chi connectivity index (χ1) is 3.79. The summed E-state index contributed by atoms with van der Waals surface area (Å²) in [5.41, 5.74) is 0. The Bertz CT molecular complexity index is 176. The summed E-state index contributed by atoms with van der Waals surface area (Å²) >= 11 is 0. The van der Waals surface area contributed by atoms with Crippen LogP contribution in [0.25, 0.3) is 0 Å². The van der Waals surface area contributed by atoms with E-state index in [2.05, 4.69) is 0 Å². The quantitative estimate of drug-likeness (QED) is 0.665. The number of rotatable bonds is 0. The van der Waals surface area contributed by atoms with Crippen LogP contribution < -0.4 is 0 Å². The molecule has 1 rings (SSSR count). The molecule has 0 heterocycles. The van der Waals surface area contributed by atoms with Gasteiger partial charge in [-0.1, -0.05) is 6.07 Å². The second-order valence-electron chi connectivity index (χ2n) is 1.52. The Morgan fingerprint density at radius 1 is 1.00 bits per heavy atom. The van der Waals surface area contributed by atoms with Crippen molar-refractivity contribution in [3.8, 4) is 11.5 Å². The summed E-state index contributed by atoms with van der Waals surface area (Å²) in [6, 6.07) is 5.85. The molecule has 59 valence electrons. The Labute approximate surface area is 76.5 Å².